The minimum atomic E-state index is -3.64. The van der Waals surface area contributed by atoms with Gasteiger partial charge in [-0.2, -0.15) is 0 Å². The van der Waals surface area contributed by atoms with Gasteiger partial charge in [0, 0.05) is 6.20 Å². The van der Waals surface area contributed by atoms with Crippen LogP contribution in [-0.4, -0.2) is 20.5 Å². The molecular weight excluding hydrogens is 300 g/mol. The molecule has 2 aromatic rings. The zero-order valence-electron chi connectivity index (χ0n) is 13.1. The van der Waals surface area contributed by atoms with E-state index in [4.69, 9.17) is 4.74 Å². The fraction of sp³-hybridized carbons (Fsp3) is 0.312. The van der Waals surface area contributed by atoms with E-state index in [0.29, 0.717) is 22.6 Å². The van der Waals surface area contributed by atoms with Gasteiger partial charge in [0.2, 0.25) is 10.0 Å². The fourth-order valence-electron chi connectivity index (χ4n) is 2.44. The number of hydrogen-bond donors (Lipinski definition) is 1. The maximum atomic E-state index is 12.7. The van der Waals surface area contributed by atoms with Gasteiger partial charge in [0.1, 0.15) is 5.75 Å². The number of sulfonamides is 1. The highest BCUT2D eigenvalue weighted by Crippen LogP contribution is 2.26. The van der Waals surface area contributed by atoms with Gasteiger partial charge in [-0.05, 0) is 56.2 Å². The predicted octanol–water partition coefficient (Wildman–Crippen LogP) is 2.75. The topological polar surface area (TPSA) is 68.3 Å². The molecule has 1 aromatic heterocycles. The first kappa shape index (κ1) is 16.5. The molecule has 0 aliphatic carbocycles. The quantitative estimate of drug-likeness (QED) is 0.920. The lowest BCUT2D eigenvalue weighted by molar-refractivity contribution is 0.413. The first-order valence-corrected chi connectivity index (χ1v) is 8.42. The van der Waals surface area contributed by atoms with Crippen LogP contribution in [-0.2, 0) is 10.0 Å². The van der Waals surface area contributed by atoms with Crippen LogP contribution in [0.25, 0.3) is 0 Å². The lowest BCUT2D eigenvalue weighted by Gasteiger charge is -2.17. The normalized spacial score (nSPS) is 12.9. The number of benzene rings is 1. The van der Waals surface area contributed by atoms with Gasteiger partial charge in [-0.15, -0.1) is 0 Å². The summed E-state index contributed by atoms with van der Waals surface area (Å²) in [5, 5.41) is 0. The molecule has 5 nitrogen and oxygen atoms in total. The smallest absolute Gasteiger partial charge is 0.241 e. The summed E-state index contributed by atoms with van der Waals surface area (Å²) in [4.78, 5) is 4.47. The van der Waals surface area contributed by atoms with E-state index < -0.39 is 16.1 Å². The highest BCUT2D eigenvalue weighted by atomic mass is 32.2. The summed E-state index contributed by atoms with van der Waals surface area (Å²) >= 11 is 0. The number of aromatic nitrogens is 1. The van der Waals surface area contributed by atoms with Gasteiger partial charge in [0.05, 0.1) is 23.7 Å². The van der Waals surface area contributed by atoms with Crippen molar-refractivity contribution in [3.05, 3.63) is 53.3 Å². The van der Waals surface area contributed by atoms with Crippen LogP contribution in [0.4, 0.5) is 0 Å². The summed E-state index contributed by atoms with van der Waals surface area (Å²) < 4.78 is 33.2. The van der Waals surface area contributed by atoms with Crippen LogP contribution in [0, 0.1) is 13.8 Å². The van der Waals surface area contributed by atoms with E-state index >= 15 is 0 Å². The first-order chi connectivity index (χ1) is 10.3. The Balaban J connectivity index is 2.35. The van der Waals surface area contributed by atoms with Crippen molar-refractivity contribution in [2.24, 2.45) is 0 Å². The van der Waals surface area contributed by atoms with Crippen molar-refractivity contribution in [1.82, 2.24) is 9.71 Å². The summed E-state index contributed by atoms with van der Waals surface area (Å²) in [5.74, 6) is 0.645. The molecule has 1 aromatic carbocycles. The summed E-state index contributed by atoms with van der Waals surface area (Å²) in [5.41, 5.74) is 1.98. The third kappa shape index (κ3) is 3.45. The molecule has 118 valence electrons. The van der Waals surface area contributed by atoms with E-state index in [-0.39, 0.29) is 4.90 Å². The Kier molecular flexibility index (Phi) is 4.83. The Morgan fingerprint density at radius 1 is 1.18 bits per heavy atom. The molecule has 0 fully saturated rings. The molecule has 0 spiro atoms. The van der Waals surface area contributed by atoms with Crippen molar-refractivity contribution < 1.29 is 13.2 Å². The molecule has 0 bridgehead atoms. The second-order valence-electron chi connectivity index (χ2n) is 5.19. The van der Waals surface area contributed by atoms with Crippen LogP contribution in [0.1, 0.15) is 29.8 Å². The third-order valence-corrected chi connectivity index (χ3v) is 5.25. The molecule has 0 saturated heterocycles. The van der Waals surface area contributed by atoms with Crippen molar-refractivity contribution in [3.63, 3.8) is 0 Å². The molecule has 0 aliphatic heterocycles. The number of aryl methyl sites for hydroxylation is 2. The second kappa shape index (κ2) is 6.46. The standard InChI is InChI=1S/C16H20N2O3S/c1-11-9-14(21-4)10-12(2)16(11)22(19,20)18-13(3)15-7-5-6-8-17-15/h5-10,13,18H,1-4H3/t13-/m0/s1. The number of nitrogens with zero attached hydrogens (tertiary/aromatic N) is 1. The Hall–Kier alpha value is -1.92. The zero-order chi connectivity index (χ0) is 16.3. The number of rotatable bonds is 5. The number of nitrogens with one attached hydrogen (secondary N) is 1. The van der Waals surface area contributed by atoms with Crippen molar-refractivity contribution in [2.45, 2.75) is 31.7 Å². The predicted molar refractivity (Wildman–Crippen MR) is 85.4 cm³/mol. The van der Waals surface area contributed by atoms with Gasteiger partial charge in [-0.25, -0.2) is 13.1 Å². The van der Waals surface area contributed by atoms with Gasteiger partial charge >= 0.3 is 0 Å². The maximum absolute atomic E-state index is 12.7. The van der Waals surface area contributed by atoms with E-state index in [0.717, 1.165) is 0 Å². The lowest BCUT2D eigenvalue weighted by Crippen LogP contribution is -2.28. The van der Waals surface area contributed by atoms with Gasteiger partial charge in [0.25, 0.3) is 0 Å². The van der Waals surface area contributed by atoms with Gasteiger partial charge in [-0.1, -0.05) is 6.07 Å². The molecule has 1 N–H and O–H groups in total. The molecule has 0 amide bonds. The molecule has 22 heavy (non-hydrogen) atoms. The van der Waals surface area contributed by atoms with Gasteiger partial charge < -0.3 is 4.74 Å². The Bertz CT molecular complexity index is 735. The Morgan fingerprint density at radius 2 is 1.82 bits per heavy atom. The monoisotopic (exact) mass is 320 g/mol. The Morgan fingerprint density at radius 3 is 2.32 bits per heavy atom. The van der Waals surface area contributed by atoms with E-state index in [1.807, 2.05) is 6.07 Å². The zero-order valence-corrected chi connectivity index (χ0v) is 13.9. The summed E-state index contributed by atoms with van der Waals surface area (Å²) in [6, 6.07) is 8.44. The minimum absolute atomic E-state index is 0.288. The van der Waals surface area contributed by atoms with Crippen LogP contribution in [0.5, 0.6) is 5.75 Å². The Labute approximate surface area is 131 Å². The molecule has 0 saturated carbocycles. The number of hydrogen-bond acceptors (Lipinski definition) is 4. The lowest BCUT2D eigenvalue weighted by atomic mass is 10.1. The van der Waals surface area contributed by atoms with Crippen molar-refractivity contribution in [2.75, 3.05) is 7.11 Å². The summed E-state index contributed by atoms with van der Waals surface area (Å²) in [7, 11) is -2.08. The van der Waals surface area contributed by atoms with E-state index in [9.17, 15) is 8.42 Å². The minimum Gasteiger partial charge on any atom is -0.497 e. The first-order valence-electron chi connectivity index (χ1n) is 6.93. The van der Waals surface area contributed by atoms with Crippen LogP contribution < -0.4 is 9.46 Å². The number of pyridine rings is 1. The van der Waals surface area contributed by atoms with E-state index in [1.165, 1.54) is 0 Å². The van der Waals surface area contributed by atoms with Crippen LogP contribution in [0.15, 0.2) is 41.4 Å². The second-order valence-corrected chi connectivity index (χ2v) is 6.84. The number of methoxy groups -OCH3 is 1. The molecule has 6 heteroatoms. The fourth-order valence-corrected chi connectivity index (χ4v) is 4.11. The molecule has 1 heterocycles. The summed E-state index contributed by atoms with van der Waals surface area (Å²) in [6.07, 6.45) is 1.64. The molecule has 0 aliphatic rings. The van der Waals surface area contributed by atoms with Crippen molar-refractivity contribution in [1.29, 1.82) is 0 Å². The molecule has 1 atom stereocenters. The van der Waals surface area contributed by atoms with Crippen LogP contribution in [0.2, 0.25) is 0 Å². The average molecular weight is 320 g/mol. The number of ether oxygens (including phenoxy) is 1. The van der Waals surface area contributed by atoms with Crippen LogP contribution >= 0.6 is 0 Å². The average Bonchev–Trinajstić information content (AvgIpc) is 2.46. The molecule has 0 unspecified atom stereocenters. The highest BCUT2D eigenvalue weighted by Gasteiger charge is 2.23. The van der Waals surface area contributed by atoms with Crippen molar-refractivity contribution in [3.8, 4) is 5.75 Å². The van der Waals surface area contributed by atoms with E-state index in [2.05, 4.69) is 9.71 Å². The van der Waals surface area contributed by atoms with Crippen LogP contribution in [0.3, 0.4) is 0 Å². The van der Waals surface area contributed by atoms with Gasteiger partial charge in [0.15, 0.2) is 0 Å². The highest BCUT2D eigenvalue weighted by molar-refractivity contribution is 7.89. The molecular formula is C16H20N2O3S. The molecule has 2 rings (SSSR count). The third-order valence-electron chi connectivity index (χ3n) is 3.40. The maximum Gasteiger partial charge on any atom is 0.241 e. The molecule has 0 radical (unpaired) electrons. The summed E-state index contributed by atoms with van der Waals surface area (Å²) in [6.45, 7) is 5.29. The van der Waals surface area contributed by atoms with Gasteiger partial charge in [-0.3, -0.25) is 4.98 Å². The van der Waals surface area contributed by atoms with Crippen molar-refractivity contribution >= 4 is 10.0 Å². The largest absolute Gasteiger partial charge is 0.497 e. The SMILES string of the molecule is COc1cc(C)c(S(=O)(=O)N[C@@H](C)c2ccccn2)c(C)c1. The van der Waals surface area contributed by atoms with E-state index in [1.54, 1.807) is 58.3 Å².